The van der Waals surface area contributed by atoms with Crippen LogP contribution in [-0.2, 0) is 4.79 Å². The molecule has 1 N–H and O–H groups in total. The van der Waals surface area contributed by atoms with Gasteiger partial charge in [-0.25, -0.2) is 5.01 Å². The predicted molar refractivity (Wildman–Crippen MR) is 98.6 cm³/mol. The van der Waals surface area contributed by atoms with Crippen molar-refractivity contribution in [3.05, 3.63) is 70.2 Å². The van der Waals surface area contributed by atoms with E-state index >= 15 is 0 Å². The van der Waals surface area contributed by atoms with E-state index in [1.807, 2.05) is 54.6 Å². The van der Waals surface area contributed by atoms with E-state index in [0.717, 1.165) is 27.0 Å². The molecule has 1 amide bonds. The SMILES string of the molecule is COc1ccc([C@@H]2C=C(c3ccc(Br)cc3)NN2C(=O)CCl)cc1. The summed E-state index contributed by atoms with van der Waals surface area (Å²) in [6.45, 7) is 0. The fraction of sp³-hybridized carbons (Fsp3) is 0.167. The van der Waals surface area contributed by atoms with Gasteiger partial charge in [0.25, 0.3) is 5.91 Å². The van der Waals surface area contributed by atoms with Crippen molar-refractivity contribution in [3.8, 4) is 5.75 Å². The minimum Gasteiger partial charge on any atom is -0.497 e. The van der Waals surface area contributed by atoms with E-state index in [2.05, 4.69) is 21.4 Å². The first kappa shape index (κ1) is 16.9. The lowest BCUT2D eigenvalue weighted by Crippen LogP contribution is -2.40. The van der Waals surface area contributed by atoms with Crippen LogP contribution in [0.2, 0.25) is 0 Å². The molecule has 0 fully saturated rings. The Morgan fingerprint density at radius 1 is 1.21 bits per heavy atom. The molecular weight excluding hydrogens is 392 g/mol. The van der Waals surface area contributed by atoms with Gasteiger partial charge in [-0.05, 0) is 41.5 Å². The Morgan fingerprint density at radius 2 is 1.88 bits per heavy atom. The van der Waals surface area contributed by atoms with Crippen molar-refractivity contribution in [2.24, 2.45) is 0 Å². The Morgan fingerprint density at radius 3 is 2.46 bits per heavy atom. The molecule has 1 atom stereocenters. The molecule has 0 aromatic heterocycles. The van der Waals surface area contributed by atoms with E-state index in [9.17, 15) is 4.79 Å². The Labute approximate surface area is 154 Å². The number of amides is 1. The fourth-order valence-corrected chi connectivity index (χ4v) is 2.98. The first-order valence-electron chi connectivity index (χ1n) is 7.39. The van der Waals surface area contributed by atoms with Crippen LogP contribution in [0.3, 0.4) is 0 Å². The lowest BCUT2D eigenvalue weighted by atomic mass is 10.0. The molecule has 3 rings (SSSR count). The van der Waals surface area contributed by atoms with Crippen molar-refractivity contribution < 1.29 is 9.53 Å². The molecule has 6 heteroatoms. The number of halogens is 2. The maximum atomic E-state index is 12.2. The lowest BCUT2D eigenvalue weighted by molar-refractivity contribution is -0.131. The van der Waals surface area contributed by atoms with E-state index in [4.69, 9.17) is 16.3 Å². The topological polar surface area (TPSA) is 41.6 Å². The summed E-state index contributed by atoms with van der Waals surface area (Å²) in [6.07, 6.45) is 2.02. The molecule has 0 spiro atoms. The van der Waals surface area contributed by atoms with Crippen LogP contribution >= 0.6 is 27.5 Å². The molecule has 2 aromatic rings. The number of alkyl halides is 1. The third-order valence-electron chi connectivity index (χ3n) is 3.84. The highest BCUT2D eigenvalue weighted by atomic mass is 79.9. The lowest BCUT2D eigenvalue weighted by Gasteiger charge is -2.24. The molecule has 0 unspecified atom stereocenters. The standard InChI is InChI=1S/C18H16BrClN2O2/c1-24-15-8-4-13(5-9-15)17-10-16(21-22(17)18(23)11-20)12-2-6-14(19)7-3-12/h2-10,17,21H,11H2,1H3/t17-/m0/s1. The average Bonchev–Trinajstić information content (AvgIpc) is 3.07. The summed E-state index contributed by atoms with van der Waals surface area (Å²) in [7, 11) is 1.63. The van der Waals surface area contributed by atoms with Gasteiger partial charge in [0.15, 0.2) is 0 Å². The monoisotopic (exact) mass is 406 g/mol. The molecule has 0 saturated heterocycles. The van der Waals surface area contributed by atoms with Crippen molar-refractivity contribution in [2.75, 3.05) is 13.0 Å². The molecule has 1 heterocycles. The molecule has 2 aromatic carbocycles. The van der Waals surface area contributed by atoms with Crippen LogP contribution in [-0.4, -0.2) is 23.9 Å². The van der Waals surface area contributed by atoms with Gasteiger partial charge in [0.2, 0.25) is 0 Å². The predicted octanol–water partition coefficient (Wildman–Crippen LogP) is 4.13. The summed E-state index contributed by atoms with van der Waals surface area (Å²) < 4.78 is 6.20. The third kappa shape index (κ3) is 3.42. The number of nitrogens with one attached hydrogen (secondary N) is 1. The molecule has 4 nitrogen and oxygen atoms in total. The van der Waals surface area contributed by atoms with Gasteiger partial charge < -0.3 is 4.74 Å². The quantitative estimate of drug-likeness (QED) is 0.775. The van der Waals surface area contributed by atoms with Gasteiger partial charge in [-0.2, -0.15) is 0 Å². The summed E-state index contributed by atoms with van der Waals surface area (Å²) in [4.78, 5) is 12.2. The Balaban J connectivity index is 1.95. The number of rotatable bonds is 4. The van der Waals surface area contributed by atoms with Crippen LogP contribution < -0.4 is 10.2 Å². The van der Waals surface area contributed by atoms with Gasteiger partial charge in [0, 0.05) is 4.47 Å². The molecule has 124 valence electrons. The zero-order valence-electron chi connectivity index (χ0n) is 13.0. The van der Waals surface area contributed by atoms with Crippen LogP contribution in [0, 0.1) is 0 Å². The molecular formula is C18H16BrClN2O2. The minimum atomic E-state index is -0.221. The smallest absolute Gasteiger partial charge is 0.256 e. The first-order valence-corrected chi connectivity index (χ1v) is 8.71. The largest absolute Gasteiger partial charge is 0.497 e. The molecule has 1 aliphatic heterocycles. The summed E-state index contributed by atoms with van der Waals surface area (Å²) in [5, 5.41) is 1.56. The van der Waals surface area contributed by atoms with Crippen LogP contribution in [0.4, 0.5) is 0 Å². The second-order valence-corrected chi connectivity index (χ2v) is 6.50. The fourth-order valence-electron chi connectivity index (χ4n) is 2.59. The number of benzene rings is 2. The second kappa shape index (κ2) is 7.28. The summed E-state index contributed by atoms with van der Waals surface area (Å²) in [5.74, 6) is 0.513. The maximum absolute atomic E-state index is 12.2. The van der Waals surface area contributed by atoms with Crippen LogP contribution in [0.25, 0.3) is 5.70 Å². The number of hydrogen-bond donors (Lipinski definition) is 1. The zero-order valence-corrected chi connectivity index (χ0v) is 15.3. The van der Waals surface area contributed by atoms with Crippen molar-refractivity contribution in [1.82, 2.24) is 10.4 Å². The molecule has 0 aliphatic carbocycles. The van der Waals surface area contributed by atoms with Crippen molar-refractivity contribution in [1.29, 1.82) is 0 Å². The van der Waals surface area contributed by atoms with Crippen molar-refractivity contribution in [3.63, 3.8) is 0 Å². The molecule has 0 radical (unpaired) electrons. The molecule has 0 saturated carbocycles. The van der Waals surface area contributed by atoms with Crippen molar-refractivity contribution >= 4 is 39.1 Å². The Bertz CT molecular complexity index is 760. The van der Waals surface area contributed by atoms with Gasteiger partial charge in [-0.3, -0.25) is 10.2 Å². The highest BCUT2D eigenvalue weighted by molar-refractivity contribution is 9.10. The number of ether oxygens (including phenoxy) is 1. The van der Waals surface area contributed by atoms with Gasteiger partial charge >= 0.3 is 0 Å². The van der Waals surface area contributed by atoms with E-state index in [-0.39, 0.29) is 17.8 Å². The molecule has 24 heavy (non-hydrogen) atoms. The number of carbonyl (C=O) groups excluding carboxylic acids is 1. The van der Waals surface area contributed by atoms with E-state index < -0.39 is 0 Å². The molecule has 0 bridgehead atoms. The second-order valence-electron chi connectivity index (χ2n) is 5.31. The summed E-state index contributed by atoms with van der Waals surface area (Å²) >= 11 is 9.20. The van der Waals surface area contributed by atoms with E-state index in [0.29, 0.717) is 0 Å². The van der Waals surface area contributed by atoms with Crippen LogP contribution in [0.5, 0.6) is 5.75 Å². The molecule has 1 aliphatic rings. The maximum Gasteiger partial charge on any atom is 0.256 e. The van der Waals surface area contributed by atoms with E-state index in [1.165, 1.54) is 0 Å². The van der Waals surface area contributed by atoms with Gasteiger partial charge in [0.1, 0.15) is 11.6 Å². The van der Waals surface area contributed by atoms with Gasteiger partial charge in [-0.1, -0.05) is 40.2 Å². The summed E-state index contributed by atoms with van der Waals surface area (Å²) in [6, 6.07) is 15.3. The Hall–Kier alpha value is -1.98. The average molecular weight is 408 g/mol. The number of nitrogens with zero attached hydrogens (tertiary/aromatic N) is 1. The number of hydrogen-bond acceptors (Lipinski definition) is 3. The zero-order chi connectivity index (χ0) is 17.1. The first-order chi connectivity index (χ1) is 11.6. The highest BCUT2D eigenvalue weighted by Crippen LogP contribution is 2.32. The number of hydrazine groups is 1. The van der Waals surface area contributed by atoms with Crippen LogP contribution in [0.15, 0.2) is 59.1 Å². The number of carbonyl (C=O) groups is 1. The van der Waals surface area contributed by atoms with E-state index in [1.54, 1.807) is 12.1 Å². The van der Waals surface area contributed by atoms with Crippen molar-refractivity contribution in [2.45, 2.75) is 6.04 Å². The Kier molecular flexibility index (Phi) is 5.11. The van der Waals surface area contributed by atoms with Gasteiger partial charge in [0.05, 0.1) is 18.8 Å². The highest BCUT2D eigenvalue weighted by Gasteiger charge is 2.30. The van der Waals surface area contributed by atoms with Crippen LogP contribution in [0.1, 0.15) is 17.2 Å². The minimum absolute atomic E-state index is 0.0822. The van der Waals surface area contributed by atoms with Gasteiger partial charge in [-0.15, -0.1) is 11.6 Å². The normalized spacial score (nSPS) is 16.5. The number of methoxy groups -OCH3 is 1. The third-order valence-corrected chi connectivity index (χ3v) is 4.60. The summed E-state index contributed by atoms with van der Waals surface area (Å²) in [5.41, 5.74) is 6.03.